The van der Waals surface area contributed by atoms with Crippen molar-refractivity contribution in [1.82, 2.24) is 0 Å². The minimum Gasteiger partial charge on any atom is -0.396 e. The lowest BCUT2D eigenvalue weighted by Gasteiger charge is -2.22. The number of aliphatic hydroxyl groups is 1. The van der Waals surface area contributed by atoms with Gasteiger partial charge in [0.2, 0.25) is 0 Å². The number of aliphatic hydroxyl groups excluding tert-OH is 1. The number of hydrogen-bond donors (Lipinski definition) is 1. The van der Waals surface area contributed by atoms with Crippen LogP contribution in [0.3, 0.4) is 0 Å². The molecule has 0 saturated carbocycles. The van der Waals surface area contributed by atoms with Gasteiger partial charge in [0.15, 0.2) is 0 Å². The third kappa shape index (κ3) is 3.55. The summed E-state index contributed by atoms with van der Waals surface area (Å²) < 4.78 is 5.28. The van der Waals surface area contributed by atoms with E-state index in [1.54, 1.807) is 0 Å². The van der Waals surface area contributed by atoms with Crippen molar-refractivity contribution in [2.45, 2.75) is 32.6 Å². The van der Waals surface area contributed by atoms with E-state index in [0.717, 1.165) is 19.1 Å². The van der Waals surface area contributed by atoms with Crippen LogP contribution in [0.25, 0.3) is 0 Å². The Morgan fingerprint density at radius 3 is 2.67 bits per heavy atom. The molecule has 2 nitrogen and oxygen atoms in total. The van der Waals surface area contributed by atoms with Gasteiger partial charge in [-0.15, -0.1) is 0 Å². The fourth-order valence-electron chi connectivity index (χ4n) is 1.65. The fourth-order valence-corrected chi connectivity index (χ4v) is 1.65. The Morgan fingerprint density at radius 2 is 2.08 bits per heavy atom. The van der Waals surface area contributed by atoms with Crippen LogP contribution in [0.2, 0.25) is 0 Å². The highest BCUT2D eigenvalue weighted by Gasteiger charge is 2.14. The first-order chi connectivity index (χ1) is 5.83. The molecule has 0 aromatic rings. The van der Waals surface area contributed by atoms with E-state index in [0.29, 0.717) is 12.5 Å². The SMILES string of the molecule is CC(CO)CCC1CCOCC1. The van der Waals surface area contributed by atoms with Gasteiger partial charge >= 0.3 is 0 Å². The molecule has 1 rings (SSSR count). The molecule has 0 aromatic heterocycles. The van der Waals surface area contributed by atoms with E-state index in [-0.39, 0.29) is 0 Å². The van der Waals surface area contributed by atoms with Gasteiger partial charge in [0, 0.05) is 19.8 Å². The van der Waals surface area contributed by atoms with E-state index in [1.165, 1.54) is 25.7 Å². The summed E-state index contributed by atoms with van der Waals surface area (Å²) in [6, 6.07) is 0. The molecule has 0 bridgehead atoms. The van der Waals surface area contributed by atoms with Crippen LogP contribution in [-0.2, 0) is 4.74 Å². The molecule has 1 fully saturated rings. The lowest BCUT2D eigenvalue weighted by atomic mass is 9.91. The van der Waals surface area contributed by atoms with Gasteiger partial charge in [0.1, 0.15) is 0 Å². The lowest BCUT2D eigenvalue weighted by Crippen LogP contribution is -2.16. The Kier molecular flexibility index (Phi) is 4.62. The van der Waals surface area contributed by atoms with Crippen molar-refractivity contribution in [2.24, 2.45) is 11.8 Å². The normalized spacial score (nSPS) is 22.5. The average Bonchev–Trinajstić information content (AvgIpc) is 2.16. The summed E-state index contributed by atoms with van der Waals surface area (Å²) in [5.74, 6) is 1.33. The Labute approximate surface area is 74.9 Å². The number of ether oxygens (including phenoxy) is 1. The summed E-state index contributed by atoms with van der Waals surface area (Å²) in [7, 11) is 0. The van der Waals surface area contributed by atoms with Crippen LogP contribution >= 0.6 is 0 Å². The summed E-state index contributed by atoms with van der Waals surface area (Å²) >= 11 is 0. The third-order valence-corrected chi connectivity index (χ3v) is 2.72. The maximum atomic E-state index is 8.84. The van der Waals surface area contributed by atoms with Crippen LogP contribution < -0.4 is 0 Å². The zero-order valence-electron chi connectivity index (χ0n) is 7.96. The van der Waals surface area contributed by atoms with Crippen molar-refractivity contribution in [3.63, 3.8) is 0 Å². The highest BCUT2D eigenvalue weighted by Crippen LogP contribution is 2.21. The molecular formula is C10H20O2. The predicted octanol–water partition coefficient (Wildman–Crippen LogP) is 1.82. The standard InChI is InChI=1S/C10H20O2/c1-9(8-11)2-3-10-4-6-12-7-5-10/h9-11H,2-8H2,1H3. The molecule has 1 N–H and O–H groups in total. The Morgan fingerprint density at radius 1 is 1.42 bits per heavy atom. The second-order valence-electron chi connectivity index (χ2n) is 3.92. The third-order valence-electron chi connectivity index (χ3n) is 2.72. The Bertz CT molecular complexity index is 108. The topological polar surface area (TPSA) is 29.5 Å². The highest BCUT2D eigenvalue weighted by molar-refractivity contribution is 4.64. The van der Waals surface area contributed by atoms with Gasteiger partial charge in [-0.2, -0.15) is 0 Å². The summed E-state index contributed by atoms with van der Waals surface area (Å²) in [5, 5.41) is 8.84. The van der Waals surface area contributed by atoms with Crippen molar-refractivity contribution < 1.29 is 9.84 Å². The first-order valence-corrected chi connectivity index (χ1v) is 5.01. The second kappa shape index (κ2) is 5.55. The maximum Gasteiger partial charge on any atom is 0.0468 e. The monoisotopic (exact) mass is 172 g/mol. The quantitative estimate of drug-likeness (QED) is 0.701. The molecule has 12 heavy (non-hydrogen) atoms. The van der Waals surface area contributed by atoms with E-state index < -0.39 is 0 Å². The van der Waals surface area contributed by atoms with Gasteiger partial charge in [-0.1, -0.05) is 6.92 Å². The Hall–Kier alpha value is -0.0800. The minimum atomic E-state index is 0.337. The molecule has 0 aromatic carbocycles. The number of rotatable bonds is 4. The van der Waals surface area contributed by atoms with Crippen molar-refractivity contribution in [1.29, 1.82) is 0 Å². The molecule has 0 radical (unpaired) electrons. The van der Waals surface area contributed by atoms with Gasteiger partial charge in [0.25, 0.3) is 0 Å². The molecule has 2 heteroatoms. The van der Waals surface area contributed by atoms with Crippen LogP contribution in [0.15, 0.2) is 0 Å². The van der Waals surface area contributed by atoms with Gasteiger partial charge in [-0.05, 0) is 37.5 Å². The molecule has 0 amide bonds. The van der Waals surface area contributed by atoms with Crippen molar-refractivity contribution >= 4 is 0 Å². The fraction of sp³-hybridized carbons (Fsp3) is 1.00. The Balaban J connectivity index is 2.05. The summed E-state index contributed by atoms with van der Waals surface area (Å²) in [5.41, 5.74) is 0. The minimum absolute atomic E-state index is 0.337. The van der Waals surface area contributed by atoms with Gasteiger partial charge < -0.3 is 9.84 Å². The molecule has 0 aliphatic carbocycles. The first kappa shape index (κ1) is 10.0. The first-order valence-electron chi connectivity index (χ1n) is 5.01. The summed E-state index contributed by atoms with van der Waals surface area (Å²) in [6.07, 6.45) is 4.88. The van der Waals surface area contributed by atoms with Crippen LogP contribution in [0.4, 0.5) is 0 Å². The van der Waals surface area contributed by atoms with Crippen LogP contribution in [0.1, 0.15) is 32.6 Å². The van der Waals surface area contributed by atoms with Crippen molar-refractivity contribution in [3.05, 3.63) is 0 Å². The summed E-state index contributed by atoms with van der Waals surface area (Å²) in [4.78, 5) is 0. The molecule has 1 unspecified atom stereocenters. The molecular weight excluding hydrogens is 152 g/mol. The second-order valence-corrected chi connectivity index (χ2v) is 3.92. The average molecular weight is 172 g/mol. The van der Waals surface area contributed by atoms with E-state index >= 15 is 0 Å². The largest absolute Gasteiger partial charge is 0.396 e. The smallest absolute Gasteiger partial charge is 0.0468 e. The van der Waals surface area contributed by atoms with E-state index in [9.17, 15) is 0 Å². The zero-order valence-corrected chi connectivity index (χ0v) is 7.96. The molecule has 1 aliphatic rings. The van der Waals surface area contributed by atoms with Crippen molar-refractivity contribution in [2.75, 3.05) is 19.8 Å². The molecule has 1 aliphatic heterocycles. The van der Waals surface area contributed by atoms with Crippen LogP contribution in [0.5, 0.6) is 0 Å². The van der Waals surface area contributed by atoms with E-state index in [1.807, 2.05) is 0 Å². The maximum absolute atomic E-state index is 8.84. The highest BCUT2D eigenvalue weighted by atomic mass is 16.5. The molecule has 72 valence electrons. The number of hydrogen-bond acceptors (Lipinski definition) is 2. The van der Waals surface area contributed by atoms with Gasteiger partial charge in [-0.3, -0.25) is 0 Å². The lowest BCUT2D eigenvalue weighted by molar-refractivity contribution is 0.0610. The molecule has 0 spiro atoms. The van der Waals surface area contributed by atoms with Gasteiger partial charge in [-0.25, -0.2) is 0 Å². The zero-order chi connectivity index (χ0) is 8.81. The van der Waals surface area contributed by atoms with Crippen molar-refractivity contribution in [3.8, 4) is 0 Å². The molecule has 1 saturated heterocycles. The molecule has 1 heterocycles. The van der Waals surface area contributed by atoms with E-state index in [4.69, 9.17) is 9.84 Å². The molecule has 1 atom stereocenters. The van der Waals surface area contributed by atoms with Crippen LogP contribution in [-0.4, -0.2) is 24.9 Å². The predicted molar refractivity (Wildman–Crippen MR) is 49.0 cm³/mol. The summed E-state index contributed by atoms with van der Waals surface area (Å²) in [6.45, 7) is 4.33. The van der Waals surface area contributed by atoms with Crippen LogP contribution in [0, 0.1) is 11.8 Å². The van der Waals surface area contributed by atoms with Gasteiger partial charge in [0.05, 0.1) is 0 Å². The van der Waals surface area contributed by atoms with E-state index in [2.05, 4.69) is 6.92 Å².